The third-order valence-electron chi connectivity index (χ3n) is 4.65. The third-order valence-corrected chi connectivity index (χ3v) is 4.65. The highest BCUT2D eigenvalue weighted by Crippen LogP contribution is 2.05. The molecule has 204 valence electrons. The van der Waals surface area contributed by atoms with E-state index in [1.54, 1.807) is 0 Å². The summed E-state index contributed by atoms with van der Waals surface area (Å²) in [5, 5.41) is 16.7. The van der Waals surface area contributed by atoms with Crippen LogP contribution in [0.25, 0.3) is 0 Å². The summed E-state index contributed by atoms with van der Waals surface area (Å²) in [5.74, 6) is -4.56. The minimum Gasteiger partial charge on any atom is -0.480 e. The van der Waals surface area contributed by atoms with E-state index < -0.39 is 54.3 Å². The molecule has 4 amide bonds. The second-order valence-corrected chi connectivity index (χ2v) is 7.69. The highest BCUT2D eigenvalue weighted by Gasteiger charge is 2.29. The van der Waals surface area contributed by atoms with Crippen LogP contribution in [0.2, 0.25) is 0 Å². The van der Waals surface area contributed by atoms with Gasteiger partial charge in [0.2, 0.25) is 23.6 Å². The summed E-state index contributed by atoms with van der Waals surface area (Å²) in [7, 11) is 0. The fourth-order valence-electron chi connectivity index (χ4n) is 2.89. The molecule has 17 heteroatoms. The van der Waals surface area contributed by atoms with Gasteiger partial charge in [0.05, 0.1) is 6.54 Å². The Labute approximate surface area is 207 Å². The van der Waals surface area contributed by atoms with Gasteiger partial charge in [0, 0.05) is 19.5 Å². The van der Waals surface area contributed by atoms with Gasteiger partial charge >= 0.3 is 5.97 Å². The number of carbonyl (C=O) groups excluding carboxylic acids is 4. The van der Waals surface area contributed by atoms with Gasteiger partial charge in [-0.3, -0.25) is 29.2 Å². The van der Waals surface area contributed by atoms with Gasteiger partial charge < -0.3 is 55.5 Å². The fraction of sp³-hybridized carbons (Fsp3) is 0.632. The molecule has 0 spiro atoms. The smallest absolute Gasteiger partial charge is 0.326 e. The standard InChI is InChI=1S/C19H37N11O6/c20-9-14(32)28-11(5-6-13(21)31)16(34)29-10(3-1-7-26-18(22)23)15(33)30-12(17(35)36)4-2-8-27-19(24)25/h10-12H,1-9,20H2,(H2,21,31)(H,28,32)(H,29,34)(H,30,33)(H,35,36)(H4,22,23,26)(H4,24,25,27). The van der Waals surface area contributed by atoms with E-state index in [4.69, 9.17) is 34.4 Å². The summed E-state index contributed by atoms with van der Waals surface area (Å²) in [5.41, 5.74) is 31.4. The number of nitrogens with zero attached hydrogens (tertiary/aromatic N) is 2. The van der Waals surface area contributed by atoms with Crippen LogP contribution in [0.15, 0.2) is 9.98 Å². The number of aliphatic carboxylic acids is 1. The molecule has 0 aliphatic rings. The van der Waals surface area contributed by atoms with E-state index in [0.717, 1.165) is 0 Å². The number of aliphatic imine (C=N–C) groups is 2. The zero-order chi connectivity index (χ0) is 27.7. The van der Waals surface area contributed by atoms with Gasteiger partial charge in [-0.15, -0.1) is 0 Å². The van der Waals surface area contributed by atoms with Crippen LogP contribution in [0.1, 0.15) is 38.5 Å². The topological polar surface area (TPSA) is 323 Å². The van der Waals surface area contributed by atoms with E-state index in [1.165, 1.54) is 0 Å². The van der Waals surface area contributed by atoms with Crippen LogP contribution in [-0.2, 0) is 24.0 Å². The predicted molar refractivity (Wildman–Crippen MR) is 131 cm³/mol. The number of nitrogens with two attached hydrogens (primary N) is 6. The van der Waals surface area contributed by atoms with Crippen molar-refractivity contribution in [2.75, 3.05) is 19.6 Å². The Morgan fingerprint density at radius 1 is 0.694 bits per heavy atom. The van der Waals surface area contributed by atoms with Crippen molar-refractivity contribution in [3.63, 3.8) is 0 Å². The number of hydrogen-bond donors (Lipinski definition) is 10. The molecular weight excluding hydrogens is 478 g/mol. The van der Waals surface area contributed by atoms with Gasteiger partial charge in [0.1, 0.15) is 18.1 Å². The van der Waals surface area contributed by atoms with Crippen molar-refractivity contribution in [3.8, 4) is 0 Å². The zero-order valence-electron chi connectivity index (χ0n) is 19.9. The summed E-state index contributed by atoms with van der Waals surface area (Å²) in [4.78, 5) is 67.8. The molecule has 0 fully saturated rings. The molecule has 0 bridgehead atoms. The number of nitrogens with one attached hydrogen (secondary N) is 3. The van der Waals surface area contributed by atoms with Crippen molar-refractivity contribution in [3.05, 3.63) is 0 Å². The molecule has 0 rings (SSSR count). The van der Waals surface area contributed by atoms with Gasteiger partial charge in [-0.05, 0) is 32.1 Å². The molecule has 16 N–H and O–H groups in total. The SMILES string of the molecule is NCC(=O)NC(CCC(N)=O)C(=O)NC(CCCN=C(N)N)C(=O)NC(CCCN=C(N)N)C(=O)O. The van der Waals surface area contributed by atoms with Crippen molar-refractivity contribution >= 4 is 41.5 Å². The monoisotopic (exact) mass is 515 g/mol. The van der Waals surface area contributed by atoms with Crippen LogP contribution in [0.3, 0.4) is 0 Å². The second-order valence-electron chi connectivity index (χ2n) is 7.69. The predicted octanol–water partition coefficient (Wildman–Crippen LogP) is -5.14. The highest BCUT2D eigenvalue weighted by molar-refractivity contribution is 5.93. The number of carboxylic acids is 1. The maximum atomic E-state index is 12.9. The molecule has 0 saturated carbocycles. The molecule has 0 saturated heterocycles. The normalized spacial score (nSPS) is 12.8. The molecule has 0 radical (unpaired) electrons. The minimum absolute atomic E-state index is 0.0142. The Balaban J connectivity index is 5.51. The first kappa shape index (κ1) is 31.8. The number of primary amides is 1. The lowest BCUT2D eigenvalue weighted by Crippen LogP contribution is -2.56. The van der Waals surface area contributed by atoms with Crippen LogP contribution >= 0.6 is 0 Å². The lowest BCUT2D eigenvalue weighted by molar-refractivity contribution is -0.142. The van der Waals surface area contributed by atoms with Crippen molar-refractivity contribution in [2.45, 2.75) is 56.7 Å². The van der Waals surface area contributed by atoms with Crippen molar-refractivity contribution < 1.29 is 29.1 Å². The lowest BCUT2D eigenvalue weighted by atomic mass is 10.1. The van der Waals surface area contributed by atoms with Gasteiger partial charge in [0.15, 0.2) is 11.9 Å². The summed E-state index contributed by atoms with van der Waals surface area (Å²) in [6.45, 7) is -0.121. The molecule has 0 aliphatic carbocycles. The molecule has 3 atom stereocenters. The molecule has 0 aromatic carbocycles. The van der Waals surface area contributed by atoms with Crippen LogP contribution < -0.4 is 50.4 Å². The van der Waals surface area contributed by atoms with Crippen molar-refractivity contribution in [1.82, 2.24) is 16.0 Å². The minimum atomic E-state index is -1.30. The van der Waals surface area contributed by atoms with Crippen LogP contribution in [0, 0.1) is 0 Å². The maximum absolute atomic E-state index is 12.9. The summed E-state index contributed by atoms with van der Waals surface area (Å²) in [6.07, 6.45) is 0.192. The number of carboxylic acid groups (broad SMARTS) is 1. The quantitative estimate of drug-likeness (QED) is 0.0467. The number of carbonyl (C=O) groups is 5. The molecule has 0 aliphatic heterocycles. The average Bonchev–Trinajstić information content (AvgIpc) is 2.79. The number of hydrogen-bond acceptors (Lipinski definition) is 8. The van der Waals surface area contributed by atoms with Gasteiger partial charge in [-0.1, -0.05) is 0 Å². The van der Waals surface area contributed by atoms with E-state index in [-0.39, 0.29) is 63.5 Å². The van der Waals surface area contributed by atoms with E-state index in [0.29, 0.717) is 0 Å². The summed E-state index contributed by atoms with van der Waals surface area (Å²) in [6, 6.07) is -3.71. The first-order valence-corrected chi connectivity index (χ1v) is 11.1. The Kier molecular flexibility index (Phi) is 15.3. The molecule has 36 heavy (non-hydrogen) atoms. The molecular formula is C19H37N11O6. The Bertz CT molecular complexity index is 825. The van der Waals surface area contributed by atoms with Crippen LogP contribution in [0.5, 0.6) is 0 Å². The van der Waals surface area contributed by atoms with Gasteiger partial charge in [0.25, 0.3) is 0 Å². The Morgan fingerprint density at radius 2 is 1.14 bits per heavy atom. The lowest BCUT2D eigenvalue weighted by Gasteiger charge is -2.24. The number of rotatable bonds is 18. The second kappa shape index (κ2) is 17.3. The fourth-order valence-corrected chi connectivity index (χ4v) is 2.89. The zero-order valence-corrected chi connectivity index (χ0v) is 19.9. The summed E-state index contributed by atoms with van der Waals surface area (Å²) >= 11 is 0. The Hall–Kier alpha value is -4.15. The van der Waals surface area contributed by atoms with Crippen LogP contribution in [0.4, 0.5) is 0 Å². The van der Waals surface area contributed by atoms with Gasteiger partial charge in [-0.25, -0.2) is 4.79 Å². The van der Waals surface area contributed by atoms with E-state index in [2.05, 4.69) is 25.9 Å². The number of guanidine groups is 2. The first-order chi connectivity index (χ1) is 16.9. The van der Waals surface area contributed by atoms with E-state index in [1.807, 2.05) is 0 Å². The Morgan fingerprint density at radius 3 is 1.56 bits per heavy atom. The summed E-state index contributed by atoms with van der Waals surface area (Å²) < 4.78 is 0. The van der Waals surface area contributed by atoms with Crippen molar-refractivity contribution in [1.29, 1.82) is 0 Å². The van der Waals surface area contributed by atoms with Crippen LogP contribution in [-0.4, -0.2) is 84.4 Å². The largest absolute Gasteiger partial charge is 0.480 e. The van der Waals surface area contributed by atoms with Gasteiger partial charge in [-0.2, -0.15) is 0 Å². The highest BCUT2D eigenvalue weighted by atomic mass is 16.4. The molecule has 0 aromatic heterocycles. The first-order valence-electron chi connectivity index (χ1n) is 11.1. The van der Waals surface area contributed by atoms with E-state index >= 15 is 0 Å². The molecule has 0 heterocycles. The molecule has 3 unspecified atom stereocenters. The maximum Gasteiger partial charge on any atom is 0.326 e. The van der Waals surface area contributed by atoms with Crippen molar-refractivity contribution in [2.24, 2.45) is 44.4 Å². The third kappa shape index (κ3) is 14.9. The number of amides is 4. The molecule has 17 nitrogen and oxygen atoms in total. The average molecular weight is 516 g/mol. The molecule has 0 aromatic rings. The van der Waals surface area contributed by atoms with E-state index in [9.17, 15) is 29.1 Å².